The fraction of sp³-hybridized carbons (Fsp3) is 0.500. The van der Waals surface area contributed by atoms with E-state index < -0.39 is 57.7 Å². The number of ether oxygens (including phenoxy) is 2. The van der Waals surface area contributed by atoms with E-state index in [1.165, 1.54) is 13.0 Å². The molecule has 5 atom stereocenters. The number of aliphatic hydroxyl groups excluding tert-OH is 3. The molecule has 1 aliphatic rings. The lowest BCUT2D eigenvalue weighted by molar-refractivity contribution is -0.423. The van der Waals surface area contributed by atoms with Crippen molar-refractivity contribution in [2.45, 2.75) is 37.6 Å². The molecule has 1 fully saturated rings. The molecule has 3 N–H and O–H groups in total. The molecule has 11 nitrogen and oxygen atoms in total. The molecule has 126 valence electrons. The Balaban J connectivity index is 2.35. The highest BCUT2D eigenvalue weighted by atomic mass is 16.7. The van der Waals surface area contributed by atoms with Crippen LogP contribution in [0.4, 0.5) is 11.4 Å². The van der Waals surface area contributed by atoms with Gasteiger partial charge in [-0.25, -0.2) is 0 Å². The molecule has 11 heteroatoms. The summed E-state index contributed by atoms with van der Waals surface area (Å²) in [7, 11) is 0. The van der Waals surface area contributed by atoms with E-state index in [9.17, 15) is 35.5 Å². The van der Waals surface area contributed by atoms with E-state index in [4.69, 9.17) is 9.47 Å². The van der Waals surface area contributed by atoms with Gasteiger partial charge in [0.2, 0.25) is 12.0 Å². The highest BCUT2D eigenvalue weighted by Gasteiger charge is 2.44. The zero-order valence-electron chi connectivity index (χ0n) is 11.8. The maximum Gasteiger partial charge on any atom is 0.387 e. The normalized spacial score (nSPS) is 30.7. The Hall–Kier alpha value is -2.34. The van der Waals surface area contributed by atoms with E-state index in [2.05, 4.69) is 0 Å². The van der Waals surface area contributed by atoms with Crippen LogP contribution in [0, 0.1) is 20.2 Å². The smallest absolute Gasteiger partial charge is 0.387 e. The van der Waals surface area contributed by atoms with Crippen molar-refractivity contribution in [3.63, 3.8) is 0 Å². The Labute approximate surface area is 129 Å². The second kappa shape index (κ2) is 6.42. The van der Waals surface area contributed by atoms with Gasteiger partial charge in [0.05, 0.1) is 16.0 Å². The van der Waals surface area contributed by atoms with E-state index in [0.717, 1.165) is 12.1 Å². The minimum atomic E-state index is -1.69. The van der Waals surface area contributed by atoms with E-state index in [1.54, 1.807) is 0 Å². The molecule has 1 saturated heterocycles. The minimum Gasteiger partial charge on any atom is -0.454 e. The second-order valence-electron chi connectivity index (χ2n) is 4.94. The van der Waals surface area contributed by atoms with Crippen LogP contribution in [0.25, 0.3) is 0 Å². The maximum atomic E-state index is 11.1. The summed E-state index contributed by atoms with van der Waals surface area (Å²) in [4.78, 5) is 20.0. The van der Waals surface area contributed by atoms with Crippen molar-refractivity contribution in [3.05, 3.63) is 38.4 Å². The van der Waals surface area contributed by atoms with Crippen molar-refractivity contribution >= 4 is 11.4 Å². The molecule has 1 heterocycles. The number of para-hydroxylation sites is 1. The summed E-state index contributed by atoms with van der Waals surface area (Å²) in [5.74, 6) is -0.496. The van der Waals surface area contributed by atoms with E-state index in [-0.39, 0.29) is 0 Å². The summed E-state index contributed by atoms with van der Waals surface area (Å²) in [6, 6.07) is 3.21. The van der Waals surface area contributed by atoms with Gasteiger partial charge >= 0.3 is 11.4 Å². The third-order valence-corrected chi connectivity index (χ3v) is 3.41. The Morgan fingerprint density at radius 2 is 1.74 bits per heavy atom. The molecule has 2 rings (SSSR count). The van der Waals surface area contributed by atoms with Gasteiger partial charge in [0.1, 0.15) is 18.3 Å². The van der Waals surface area contributed by atoms with Gasteiger partial charge in [-0.3, -0.25) is 20.2 Å². The fourth-order valence-corrected chi connectivity index (χ4v) is 2.17. The summed E-state index contributed by atoms with van der Waals surface area (Å²) >= 11 is 0. The summed E-state index contributed by atoms with van der Waals surface area (Å²) in [6.07, 6.45) is -7.12. The Kier molecular flexibility index (Phi) is 4.75. The molecule has 0 aliphatic carbocycles. The Morgan fingerprint density at radius 1 is 1.09 bits per heavy atom. The van der Waals surface area contributed by atoms with Gasteiger partial charge < -0.3 is 24.8 Å². The third-order valence-electron chi connectivity index (χ3n) is 3.41. The molecule has 0 unspecified atom stereocenters. The SMILES string of the molecule is C[C@H]1O[C@@H](Oc2cccc([N+](=O)[O-])c2[N+](=O)[O-])[C@H](O)[C@@H](O)[C@H]1O. The highest BCUT2D eigenvalue weighted by molar-refractivity contribution is 5.61. The first-order chi connectivity index (χ1) is 10.7. The predicted molar refractivity (Wildman–Crippen MR) is 72.7 cm³/mol. The third kappa shape index (κ3) is 3.22. The second-order valence-corrected chi connectivity index (χ2v) is 4.94. The first-order valence-corrected chi connectivity index (χ1v) is 6.52. The van der Waals surface area contributed by atoms with Crippen LogP contribution in [0.5, 0.6) is 5.75 Å². The molecular formula is C12H14N2O9. The molecule has 1 aromatic rings. The van der Waals surface area contributed by atoms with Crippen molar-refractivity contribution in [1.82, 2.24) is 0 Å². The van der Waals surface area contributed by atoms with Gasteiger partial charge in [-0.15, -0.1) is 0 Å². The molecule has 0 spiro atoms. The summed E-state index contributed by atoms with van der Waals surface area (Å²) in [5, 5.41) is 51.0. The monoisotopic (exact) mass is 330 g/mol. The molecular weight excluding hydrogens is 316 g/mol. The van der Waals surface area contributed by atoms with Gasteiger partial charge in [0.25, 0.3) is 0 Å². The molecule has 0 bridgehead atoms. The standard InChI is InChI=1S/C12H14N2O9/c1-5-9(15)10(16)11(17)12(22-5)23-7-4-2-3-6(13(18)19)8(7)14(20)21/h2-5,9-12,15-17H,1H3/t5-,9+,10+,11-,12+/m1/s1. The molecule has 1 aromatic carbocycles. The maximum absolute atomic E-state index is 11.1. The number of hydrogen-bond donors (Lipinski definition) is 3. The average Bonchev–Trinajstić information content (AvgIpc) is 2.49. The van der Waals surface area contributed by atoms with Crippen LogP contribution < -0.4 is 4.74 Å². The van der Waals surface area contributed by atoms with Crippen LogP contribution in [0.15, 0.2) is 18.2 Å². The summed E-state index contributed by atoms with van der Waals surface area (Å²) in [5.41, 5.74) is -1.69. The lowest BCUT2D eigenvalue weighted by atomic mass is 10.00. The molecule has 1 aliphatic heterocycles. The summed E-state index contributed by atoms with van der Waals surface area (Å²) in [6.45, 7) is 1.40. The van der Waals surface area contributed by atoms with Crippen molar-refractivity contribution in [2.24, 2.45) is 0 Å². The van der Waals surface area contributed by atoms with Crippen LogP contribution in [0.1, 0.15) is 6.92 Å². The largest absolute Gasteiger partial charge is 0.454 e. The number of aliphatic hydroxyl groups is 3. The number of nitro benzene ring substituents is 2. The first kappa shape index (κ1) is 17.0. The van der Waals surface area contributed by atoms with E-state index >= 15 is 0 Å². The van der Waals surface area contributed by atoms with Crippen LogP contribution in [0.2, 0.25) is 0 Å². The van der Waals surface area contributed by atoms with Gasteiger partial charge in [-0.05, 0) is 13.0 Å². The number of nitro groups is 2. The van der Waals surface area contributed by atoms with Gasteiger partial charge in [0.15, 0.2) is 0 Å². The lowest BCUT2D eigenvalue weighted by Gasteiger charge is -2.38. The first-order valence-electron chi connectivity index (χ1n) is 6.52. The van der Waals surface area contributed by atoms with E-state index in [0.29, 0.717) is 0 Å². The molecule has 0 radical (unpaired) electrons. The zero-order chi connectivity index (χ0) is 17.3. The zero-order valence-corrected chi connectivity index (χ0v) is 11.8. The van der Waals surface area contributed by atoms with Gasteiger partial charge in [-0.1, -0.05) is 6.07 Å². The molecule has 0 amide bonds. The van der Waals surface area contributed by atoms with Gasteiger partial charge in [-0.2, -0.15) is 0 Å². The fourth-order valence-electron chi connectivity index (χ4n) is 2.17. The topological polar surface area (TPSA) is 165 Å². The van der Waals surface area contributed by atoms with Crippen molar-refractivity contribution in [1.29, 1.82) is 0 Å². The van der Waals surface area contributed by atoms with Crippen molar-refractivity contribution < 1.29 is 34.6 Å². The lowest BCUT2D eigenvalue weighted by Crippen LogP contribution is -2.58. The molecule has 0 aromatic heterocycles. The van der Waals surface area contributed by atoms with Crippen LogP contribution >= 0.6 is 0 Å². The Morgan fingerprint density at radius 3 is 2.30 bits per heavy atom. The minimum absolute atomic E-state index is 0.496. The van der Waals surface area contributed by atoms with E-state index in [1.807, 2.05) is 0 Å². The number of nitrogens with zero attached hydrogens (tertiary/aromatic N) is 2. The van der Waals surface area contributed by atoms with Crippen molar-refractivity contribution in [2.75, 3.05) is 0 Å². The summed E-state index contributed by atoms with van der Waals surface area (Å²) < 4.78 is 10.3. The van der Waals surface area contributed by atoms with Gasteiger partial charge in [0, 0.05) is 6.07 Å². The quantitative estimate of drug-likeness (QED) is 0.496. The Bertz CT molecular complexity index is 623. The number of hydrogen-bond acceptors (Lipinski definition) is 9. The van der Waals surface area contributed by atoms with Crippen molar-refractivity contribution in [3.8, 4) is 5.75 Å². The van der Waals surface area contributed by atoms with Crippen LogP contribution in [-0.4, -0.2) is 55.9 Å². The number of rotatable bonds is 4. The highest BCUT2D eigenvalue weighted by Crippen LogP contribution is 2.37. The van der Waals surface area contributed by atoms with Crippen LogP contribution in [-0.2, 0) is 4.74 Å². The predicted octanol–water partition coefficient (Wildman–Crippen LogP) is -0.291. The molecule has 0 saturated carbocycles. The number of benzene rings is 1. The average molecular weight is 330 g/mol. The van der Waals surface area contributed by atoms with Crippen LogP contribution in [0.3, 0.4) is 0 Å². The molecule has 23 heavy (non-hydrogen) atoms.